The van der Waals surface area contributed by atoms with Crippen LogP contribution in [0.2, 0.25) is 0 Å². The van der Waals surface area contributed by atoms with Crippen molar-refractivity contribution < 1.29 is 19.1 Å². The van der Waals surface area contributed by atoms with Gasteiger partial charge in [0.15, 0.2) is 11.5 Å². The highest BCUT2D eigenvalue weighted by Crippen LogP contribution is 2.43. The molecule has 6 heteroatoms. The molecule has 1 aromatic rings. The molecule has 1 saturated heterocycles. The monoisotopic (exact) mass is 274 g/mol. The fourth-order valence-electron chi connectivity index (χ4n) is 3.03. The van der Waals surface area contributed by atoms with Crippen molar-refractivity contribution in [2.45, 2.75) is 18.4 Å². The van der Waals surface area contributed by atoms with E-state index in [9.17, 15) is 9.59 Å². The van der Waals surface area contributed by atoms with Crippen LogP contribution in [0.5, 0.6) is 11.5 Å². The number of benzene rings is 1. The van der Waals surface area contributed by atoms with E-state index in [0.717, 1.165) is 25.9 Å². The molecule has 20 heavy (non-hydrogen) atoms. The minimum absolute atomic E-state index is 0.302. The standard InChI is InChI=1S/C14H14N2O4/c17-12-8-1-2-9-11(10(8)13(18)16-12)19-7-14(20-9)3-5-15-6-4-14/h1-2,15H,3-7H2,(H,16,17,18). The van der Waals surface area contributed by atoms with E-state index < -0.39 is 5.91 Å². The topological polar surface area (TPSA) is 76.7 Å². The van der Waals surface area contributed by atoms with Gasteiger partial charge in [-0.05, 0) is 25.2 Å². The second-order valence-electron chi connectivity index (χ2n) is 5.42. The Morgan fingerprint density at radius 1 is 1.10 bits per heavy atom. The highest BCUT2D eigenvalue weighted by molar-refractivity contribution is 6.23. The summed E-state index contributed by atoms with van der Waals surface area (Å²) in [5.74, 6) is 0.169. The Labute approximate surface area is 115 Å². The van der Waals surface area contributed by atoms with Crippen molar-refractivity contribution in [3.63, 3.8) is 0 Å². The first-order chi connectivity index (χ1) is 9.69. The van der Waals surface area contributed by atoms with Crippen LogP contribution in [0.15, 0.2) is 12.1 Å². The Bertz CT molecular complexity index is 620. The molecule has 0 bridgehead atoms. The molecule has 1 spiro atoms. The molecule has 0 radical (unpaired) electrons. The summed E-state index contributed by atoms with van der Waals surface area (Å²) in [6.07, 6.45) is 1.74. The van der Waals surface area contributed by atoms with E-state index in [2.05, 4.69) is 10.6 Å². The Morgan fingerprint density at radius 3 is 2.70 bits per heavy atom. The minimum Gasteiger partial charge on any atom is -0.485 e. The predicted octanol–water partition coefficient (Wildman–Crippen LogP) is 0.464. The van der Waals surface area contributed by atoms with Gasteiger partial charge < -0.3 is 14.8 Å². The summed E-state index contributed by atoms with van der Waals surface area (Å²) in [5.41, 5.74) is 0.348. The summed E-state index contributed by atoms with van der Waals surface area (Å²) in [5, 5.41) is 5.57. The van der Waals surface area contributed by atoms with E-state index in [1.165, 1.54) is 0 Å². The second kappa shape index (κ2) is 3.96. The van der Waals surface area contributed by atoms with E-state index >= 15 is 0 Å². The average Bonchev–Trinajstić information content (AvgIpc) is 2.74. The number of nitrogens with one attached hydrogen (secondary N) is 2. The number of carbonyl (C=O) groups is 2. The molecule has 2 amide bonds. The van der Waals surface area contributed by atoms with Gasteiger partial charge in [-0.25, -0.2) is 0 Å². The van der Waals surface area contributed by atoms with Crippen LogP contribution in [0.3, 0.4) is 0 Å². The van der Waals surface area contributed by atoms with Gasteiger partial charge in [-0.15, -0.1) is 0 Å². The van der Waals surface area contributed by atoms with E-state index in [4.69, 9.17) is 9.47 Å². The number of hydrogen-bond acceptors (Lipinski definition) is 5. The zero-order valence-electron chi connectivity index (χ0n) is 10.8. The van der Waals surface area contributed by atoms with E-state index in [-0.39, 0.29) is 11.5 Å². The van der Waals surface area contributed by atoms with Crippen molar-refractivity contribution in [2.24, 2.45) is 0 Å². The summed E-state index contributed by atoms with van der Waals surface area (Å²) in [7, 11) is 0. The van der Waals surface area contributed by atoms with Crippen LogP contribution in [-0.4, -0.2) is 37.1 Å². The number of ether oxygens (including phenoxy) is 2. The van der Waals surface area contributed by atoms with Gasteiger partial charge in [-0.1, -0.05) is 0 Å². The van der Waals surface area contributed by atoms with Crippen molar-refractivity contribution in [1.29, 1.82) is 0 Å². The first kappa shape index (κ1) is 11.7. The van der Waals surface area contributed by atoms with Crippen LogP contribution < -0.4 is 20.1 Å². The van der Waals surface area contributed by atoms with Crippen LogP contribution in [0, 0.1) is 0 Å². The fraction of sp³-hybridized carbons (Fsp3) is 0.429. The van der Waals surface area contributed by atoms with Gasteiger partial charge in [-0.2, -0.15) is 0 Å². The van der Waals surface area contributed by atoms with Crippen LogP contribution in [0.4, 0.5) is 0 Å². The zero-order chi connectivity index (χ0) is 13.7. The number of amides is 2. The highest BCUT2D eigenvalue weighted by atomic mass is 16.6. The lowest BCUT2D eigenvalue weighted by Gasteiger charge is -2.41. The van der Waals surface area contributed by atoms with Crippen LogP contribution in [0.25, 0.3) is 0 Å². The summed E-state index contributed by atoms with van der Waals surface area (Å²) < 4.78 is 11.9. The normalized spacial score (nSPS) is 22.6. The first-order valence-electron chi connectivity index (χ1n) is 6.74. The second-order valence-corrected chi connectivity index (χ2v) is 5.42. The lowest BCUT2D eigenvalue weighted by atomic mass is 9.92. The SMILES string of the molecule is O=C1NC(=O)c2c1ccc1c2OCC2(CCNCC2)O1. The third-order valence-electron chi connectivity index (χ3n) is 4.14. The number of imide groups is 1. The molecule has 3 aliphatic heterocycles. The molecule has 0 aromatic heterocycles. The maximum Gasteiger partial charge on any atom is 0.262 e. The Hall–Kier alpha value is -2.08. The molecule has 0 atom stereocenters. The van der Waals surface area contributed by atoms with Crippen molar-refractivity contribution >= 4 is 11.8 Å². The fourth-order valence-corrected chi connectivity index (χ4v) is 3.03. The number of hydrogen-bond donors (Lipinski definition) is 2. The van der Waals surface area contributed by atoms with E-state index in [1.807, 2.05) is 0 Å². The lowest BCUT2D eigenvalue weighted by molar-refractivity contribution is -0.0305. The Morgan fingerprint density at radius 2 is 1.90 bits per heavy atom. The van der Waals surface area contributed by atoms with Crippen molar-refractivity contribution in [2.75, 3.05) is 19.7 Å². The zero-order valence-corrected chi connectivity index (χ0v) is 10.8. The molecule has 2 N–H and O–H groups in total. The van der Waals surface area contributed by atoms with Crippen LogP contribution >= 0.6 is 0 Å². The van der Waals surface area contributed by atoms with Crippen LogP contribution in [0.1, 0.15) is 33.6 Å². The molecule has 3 aliphatic rings. The quantitative estimate of drug-likeness (QED) is 0.672. The molecule has 1 aromatic carbocycles. The van der Waals surface area contributed by atoms with Crippen LogP contribution in [-0.2, 0) is 0 Å². The van der Waals surface area contributed by atoms with Gasteiger partial charge in [0, 0.05) is 12.8 Å². The van der Waals surface area contributed by atoms with Gasteiger partial charge in [0.1, 0.15) is 12.2 Å². The largest absolute Gasteiger partial charge is 0.485 e. The number of piperidine rings is 1. The molecule has 6 nitrogen and oxygen atoms in total. The lowest BCUT2D eigenvalue weighted by Crippen LogP contribution is -2.52. The maximum atomic E-state index is 11.8. The van der Waals surface area contributed by atoms with Gasteiger partial charge in [0.05, 0.1) is 11.1 Å². The minimum atomic E-state index is -0.410. The molecule has 1 fully saturated rings. The molecule has 0 aliphatic carbocycles. The number of carbonyl (C=O) groups excluding carboxylic acids is 2. The van der Waals surface area contributed by atoms with Gasteiger partial charge in [-0.3, -0.25) is 14.9 Å². The van der Waals surface area contributed by atoms with Gasteiger partial charge in [0.25, 0.3) is 11.8 Å². The van der Waals surface area contributed by atoms with Crippen molar-refractivity contribution in [3.8, 4) is 11.5 Å². The predicted molar refractivity (Wildman–Crippen MR) is 69.2 cm³/mol. The highest BCUT2D eigenvalue weighted by Gasteiger charge is 2.42. The molecule has 4 rings (SSSR count). The van der Waals surface area contributed by atoms with Crippen molar-refractivity contribution in [1.82, 2.24) is 10.6 Å². The third kappa shape index (κ3) is 1.54. The van der Waals surface area contributed by atoms with E-state index in [1.54, 1.807) is 12.1 Å². The first-order valence-corrected chi connectivity index (χ1v) is 6.74. The average molecular weight is 274 g/mol. The van der Waals surface area contributed by atoms with E-state index in [0.29, 0.717) is 29.2 Å². The summed E-state index contributed by atoms with van der Waals surface area (Å²) in [4.78, 5) is 23.5. The smallest absolute Gasteiger partial charge is 0.262 e. The molecule has 104 valence electrons. The summed E-state index contributed by atoms with van der Waals surface area (Å²) >= 11 is 0. The molecular weight excluding hydrogens is 260 g/mol. The number of rotatable bonds is 0. The maximum absolute atomic E-state index is 11.8. The molecular formula is C14H14N2O4. The number of fused-ring (bicyclic) bond motifs is 3. The molecule has 3 heterocycles. The Kier molecular flexibility index (Phi) is 2.32. The molecule has 0 saturated carbocycles. The summed E-state index contributed by atoms with van der Waals surface area (Å²) in [6.45, 7) is 2.20. The van der Waals surface area contributed by atoms with Gasteiger partial charge in [0.2, 0.25) is 0 Å². The third-order valence-corrected chi connectivity index (χ3v) is 4.14. The molecule has 0 unspecified atom stereocenters. The summed E-state index contributed by atoms with van der Waals surface area (Å²) in [6, 6.07) is 3.34. The van der Waals surface area contributed by atoms with Gasteiger partial charge >= 0.3 is 0 Å². The Balaban J connectivity index is 1.76. The van der Waals surface area contributed by atoms with Crippen molar-refractivity contribution in [3.05, 3.63) is 23.3 Å².